The second-order valence-corrected chi connectivity index (χ2v) is 6.51. The standard InChI is InChI=1S/C19H16N4O4S/c1-11-5-3-4-6-15(11)20-18(25)14(12(2)24)10-22-17-9-13(23(26)27)7-8-16(17)21-19(22)28/h3-10H,1-2H3,(H,20,25)(H,21,28)/b14-10+. The third-order valence-electron chi connectivity index (χ3n) is 4.19. The molecule has 3 aromatic rings. The molecule has 0 unspecified atom stereocenters. The summed E-state index contributed by atoms with van der Waals surface area (Å²) in [5.74, 6) is -1.06. The van der Waals surface area contributed by atoms with Gasteiger partial charge in [0, 0.05) is 24.0 Å². The number of aromatic nitrogens is 2. The third kappa shape index (κ3) is 3.74. The molecule has 9 heteroatoms. The van der Waals surface area contributed by atoms with Crippen LogP contribution in [-0.4, -0.2) is 26.2 Å². The number of ketones is 1. The number of aryl methyl sites for hydroxylation is 1. The van der Waals surface area contributed by atoms with Crippen LogP contribution < -0.4 is 5.32 Å². The number of carbonyl (C=O) groups excluding carboxylic acids is 2. The normalized spacial score (nSPS) is 11.4. The Morgan fingerprint density at radius 2 is 1.96 bits per heavy atom. The van der Waals surface area contributed by atoms with Crippen molar-refractivity contribution in [1.82, 2.24) is 9.55 Å². The van der Waals surface area contributed by atoms with Crippen LogP contribution in [0.3, 0.4) is 0 Å². The molecule has 8 nitrogen and oxygen atoms in total. The lowest BCUT2D eigenvalue weighted by molar-refractivity contribution is -0.384. The molecule has 1 heterocycles. The van der Waals surface area contributed by atoms with Gasteiger partial charge >= 0.3 is 0 Å². The number of nitrogens with zero attached hydrogens (tertiary/aromatic N) is 2. The van der Waals surface area contributed by atoms with Gasteiger partial charge in [0.1, 0.15) is 0 Å². The Labute approximate surface area is 164 Å². The summed E-state index contributed by atoms with van der Waals surface area (Å²) in [6.45, 7) is 3.10. The van der Waals surface area contributed by atoms with Crippen molar-refractivity contribution in [3.63, 3.8) is 0 Å². The zero-order chi connectivity index (χ0) is 20.4. The van der Waals surface area contributed by atoms with E-state index in [2.05, 4.69) is 10.3 Å². The minimum Gasteiger partial charge on any atom is -0.330 e. The number of nitrogens with one attached hydrogen (secondary N) is 2. The molecule has 1 amide bonds. The molecule has 1 aromatic heterocycles. The Kier molecular flexibility index (Phi) is 5.18. The summed E-state index contributed by atoms with van der Waals surface area (Å²) in [6, 6.07) is 11.4. The molecule has 0 bridgehead atoms. The molecule has 0 saturated carbocycles. The number of H-pyrrole nitrogens is 1. The lowest BCUT2D eigenvalue weighted by Gasteiger charge is -2.09. The van der Waals surface area contributed by atoms with Crippen LogP contribution in [0.2, 0.25) is 0 Å². The van der Waals surface area contributed by atoms with E-state index in [9.17, 15) is 19.7 Å². The number of fused-ring (bicyclic) bond motifs is 1. The van der Waals surface area contributed by atoms with Crippen LogP contribution in [-0.2, 0) is 9.59 Å². The van der Waals surface area contributed by atoms with Gasteiger partial charge in [0.25, 0.3) is 11.6 Å². The number of hydrogen-bond donors (Lipinski definition) is 2. The molecule has 0 radical (unpaired) electrons. The Bertz CT molecular complexity index is 1210. The molecule has 0 saturated heterocycles. The van der Waals surface area contributed by atoms with Crippen molar-refractivity contribution in [3.05, 3.63) is 68.5 Å². The van der Waals surface area contributed by atoms with Crippen LogP contribution in [0.5, 0.6) is 0 Å². The van der Waals surface area contributed by atoms with E-state index >= 15 is 0 Å². The number of rotatable bonds is 5. The maximum Gasteiger partial charge on any atom is 0.271 e. The highest BCUT2D eigenvalue weighted by molar-refractivity contribution is 7.71. The summed E-state index contributed by atoms with van der Waals surface area (Å²) in [6.07, 6.45) is 1.29. The molecular formula is C19H16N4O4S. The second kappa shape index (κ2) is 7.57. The summed E-state index contributed by atoms with van der Waals surface area (Å²) in [7, 11) is 0. The number of anilines is 1. The highest BCUT2D eigenvalue weighted by Gasteiger charge is 2.18. The van der Waals surface area contributed by atoms with E-state index in [1.54, 1.807) is 12.1 Å². The molecule has 3 rings (SSSR count). The van der Waals surface area contributed by atoms with Gasteiger partial charge in [-0.1, -0.05) is 18.2 Å². The number of amides is 1. The van der Waals surface area contributed by atoms with E-state index in [1.807, 2.05) is 19.1 Å². The maximum absolute atomic E-state index is 12.7. The minimum absolute atomic E-state index is 0.127. The number of hydrogen-bond acceptors (Lipinski definition) is 5. The number of aromatic amines is 1. The monoisotopic (exact) mass is 396 g/mol. The number of carbonyl (C=O) groups is 2. The fourth-order valence-electron chi connectivity index (χ4n) is 2.69. The van der Waals surface area contributed by atoms with Crippen LogP contribution in [0, 0.1) is 21.8 Å². The number of imidazole rings is 1. The van der Waals surface area contributed by atoms with Crippen molar-refractivity contribution in [2.75, 3.05) is 5.32 Å². The zero-order valence-electron chi connectivity index (χ0n) is 15.1. The van der Waals surface area contributed by atoms with Crippen molar-refractivity contribution in [2.45, 2.75) is 13.8 Å². The van der Waals surface area contributed by atoms with Crippen molar-refractivity contribution in [3.8, 4) is 0 Å². The van der Waals surface area contributed by atoms with E-state index in [0.29, 0.717) is 16.7 Å². The first-order valence-corrected chi connectivity index (χ1v) is 8.67. The lowest BCUT2D eigenvalue weighted by atomic mass is 10.1. The van der Waals surface area contributed by atoms with Gasteiger partial charge in [-0.05, 0) is 43.8 Å². The van der Waals surface area contributed by atoms with Crippen LogP contribution in [0.15, 0.2) is 48.0 Å². The quantitative estimate of drug-likeness (QED) is 0.169. The van der Waals surface area contributed by atoms with Gasteiger partial charge in [-0.25, -0.2) is 0 Å². The minimum atomic E-state index is -0.594. The highest BCUT2D eigenvalue weighted by Crippen LogP contribution is 2.22. The number of nitro benzene ring substituents is 1. The maximum atomic E-state index is 12.7. The van der Waals surface area contributed by atoms with Crippen LogP contribution >= 0.6 is 12.2 Å². The molecular weight excluding hydrogens is 380 g/mol. The van der Waals surface area contributed by atoms with Gasteiger partial charge in [-0.15, -0.1) is 0 Å². The SMILES string of the molecule is CC(=O)/C(=C\n1c(=S)[nH]c2ccc([N+](=O)[O-])cc21)C(=O)Nc1ccccc1C. The predicted molar refractivity (Wildman–Crippen MR) is 109 cm³/mol. The Hall–Kier alpha value is -3.59. The average molecular weight is 396 g/mol. The molecule has 0 aliphatic rings. The molecule has 0 spiro atoms. The molecule has 0 atom stereocenters. The first-order valence-electron chi connectivity index (χ1n) is 8.26. The fraction of sp³-hybridized carbons (Fsp3) is 0.105. The van der Waals surface area contributed by atoms with Crippen LogP contribution in [0.1, 0.15) is 12.5 Å². The van der Waals surface area contributed by atoms with Crippen molar-refractivity contribution in [2.24, 2.45) is 0 Å². The summed E-state index contributed by atoms with van der Waals surface area (Å²) >= 11 is 5.25. The number of Topliss-reactive ketones (excluding diaryl/α,β-unsaturated/α-hetero) is 1. The first kappa shape index (κ1) is 19.2. The summed E-state index contributed by atoms with van der Waals surface area (Å²) in [5.41, 5.74) is 2.11. The number of nitro groups is 1. The van der Waals surface area contributed by atoms with Gasteiger partial charge in [-0.2, -0.15) is 0 Å². The van der Waals surface area contributed by atoms with Crippen molar-refractivity contribution >= 4 is 52.5 Å². The number of para-hydroxylation sites is 1. The van der Waals surface area contributed by atoms with E-state index < -0.39 is 16.6 Å². The summed E-state index contributed by atoms with van der Waals surface area (Å²) in [5, 5.41) is 13.8. The first-order chi connectivity index (χ1) is 13.3. The summed E-state index contributed by atoms with van der Waals surface area (Å²) in [4.78, 5) is 38.2. The molecule has 2 aromatic carbocycles. The van der Waals surface area contributed by atoms with Crippen molar-refractivity contribution in [1.29, 1.82) is 0 Å². The topological polar surface area (TPSA) is 110 Å². The summed E-state index contributed by atoms with van der Waals surface area (Å²) < 4.78 is 1.59. The third-order valence-corrected chi connectivity index (χ3v) is 4.49. The second-order valence-electron chi connectivity index (χ2n) is 6.13. The van der Waals surface area contributed by atoms with E-state index in [0.717, 1.165) is 5.56 Å². The van der Waals surface area contributed by atoms with E-state index in [1.165, 1.54) is 35.9 Å². The fourth-order valence-corrected chi connectivity index (χ4v) is 2.95. The van der Waals surface area contributed by atoms with E-state index in [-0.39, 0.29) is 16.0 Å². The largest absolute Gasteiger partial charge is 0.330 e. The molecule has 0 fully saturated rings. The molecule has 28 heavy (non-hydrogen) atoms. The lowest BCUT2D eigenvalue weighted by Crippen LogP contribution is -2.20. The van der Waals surface area contributed by atoms with Crippen LogP contribution in [0.25, 0.3) is 17.2 Å². The average Bonchev–Trinajstić information content (AvgIpc) is 2.95. The van der Waals surface area contributed by atoms with Crippen LogP contribution in [0.4, 0.5) is 11.4 Å². The van der Waals surface area contributed by atoms with E-state index in [4.69, 9.17) is 12.2 Å². The van der Waals surface area contributed by atoms with Crippen molar-refractivity contribution < 1.29 is 14.5 Å². The molecule has 2 N–H and O–H groups in total. The van der Waals surface area contributed by atoms with Gasteiger partial charge in [-0.3, -0.25) is 24.3 Å². The van der Waals surface area contributed by atoms with Gasteiger partial charge in [0.2, 0.25) is 0 Å². The Morgan fingerprint density at radius 1 is 1.25 bits per heavy atom. The van der Waals surface area contributed by atoms with Gasteiger partial charge in [0.05, 0.1) is 21.5 Å². The Balaban J connectivity index is 2.09. The molecule has 142 valence electrons. The predicted octanol–water partition coefficient (Wildman–Crippen LogP) is 3.98. The zero-order valence-corrected chi connectivity index (χ0v) is 15.9. The van der Waals surface area contributed by atoms with Gasteiger partial charge < -0.3 is 10.3 Å². The molecule has 0 aliphatic carbocycles. The molecule has 0 aliphatic heterocycles. The number of benzene rings is 2. The smallest absolute Gasteiger partial charge is 0.271 e. The highest BCUT2D eigenvalue weighted by atomic mass is 32.1. The Morgan fingerprint density at radius 3 is 2.61 bits per heavy atom. The van der Waals surface area contributed by atoms with Gasteiger partial charge in [0.15, 0.2) is 10.6 Å². The number of non-ortho nitro benzene ring substituents is 1.